The second-order valence-electron chi connectivity index (χ2n) is 5.37. The molecular formula is C15H22BrN. The molecule has 2 N–H and O–H groups in total. The number of rotatable bonds is 3. The van der Waals surface area contributed by atoms with Crippen LogP contribution in [-0.4, -0.2) is 0 Å². The maximum absolute atomic E-state index is 6.37. The highest BCUT2D eigenvalue weighted by molar-refractivity contribution is 9.10. The standard InChI is InChI=1S/C15H22BrN/c1-11-7-8-14(16)13(9-11)15(17)10-12-5-3-2-4-6-12/h7-9,12,15H,2-6,10,17H2,1H3. The van der Waals surface area contributed by atoms with Gasteiger partial charge in [0.15, 0.2) is 0 Å². The SMILES string of the molecule is Cc1ccc(Br)c(C(N)CC2CCCCC2)c1. The largest absolute Gasteiger partial charge is 0.324 e. The van der Waals surface area contributed by atoms with Gasteiger partial charge in [0.2, 0.25) is 0 Å². The number of hydrogen-bond donors (Lipinski definition) is 1. The molecule has 0 aliphatic heterocycles. The Bertz CT molecular complexity index is 369. The highest BCUT2D eigenvalue weighted by atomic mass is 79.9. The summed E-state index contributed by atoms with van der Waals surface area (Å²) >= 11 is 3.62. The van der Waals surface area contributed by atoms with Crippen molar-refractivity contribution >= 4 is 15.9 Å². The fraction of sp³-hybridized carbons (Fsp3) is 0.600. The number of benzene rings is 1. The first kappa shape index (κ1) is 13.1. The first-order valence-electron chi connectivity index (χ1n) is 6.68. The Hall–Kier alpha value is -0.340. The van der Waals surface area contributed by atoms with Gasteiger partial charge in [-0.05, 0) is 30.9 Å². The molecule has 0 amide bonds. The molecule has 0 radical (unpaired) electrons. The summed E-state index contributed by atoms with van der Waals surface area (Å²) in [5, 5.41) is 0. The van der Waals surface area contributed by atoms with E-state index in [1.54, 1.807) is 0 Å². The van der Waals surface area contributed by atoms with Crippen LogP contribution in [0.5, 0.6) is 0 Å². The van der Waals surface area contributed by atoms with Crippen molar-refractivity contribution in [2.24, 2.45) is 11.7 Å². The third-order valence-electron chi connectivity index (χ3n) is 3.86. The van der Waals surface area contributed by atoms with Gasteiger partial charge in [-0.1, -0.05) is 65.7 Å². The molecule has 94 valence electrons. The molecule has 1 saturated carbocycles. The summed E-state index contributed by atoms with van der Waals surface area (Å²) in [7, 11) is 0. The molecule has 0 spiro atoms. The Morgan fingerprint density at radius 3 is 2.71 bits per heavy atom. The summed E-state index contributed by atoms with van der Waals surface area (Å²) < 4.78 is 1.16. The van der Waals surface area contributed by atoms with Crippen molar-refractivity contribution in [1.29, 1.82) is 0 Å². The summed E-state index contributed by atoms with van der Waals surface area (Å²) in [6.45, 7) is 2.13. The second-order valence-corrected chi connectivity index (χ2v) is 6.23. The zero-order valence-electron chi connectivity index (χ0n) is 10.6. The third-order valence-corrected chi connectivity index (χ3v) is 4.59. The van der Waals surface area contributed by atoms with Crippen LogP contribution < -0.4 is 5.73 Å². The zero-order valence-corrected chi connectivity index (χ0v) is 12.2. The van der Waals surface area contributed by atoms with Gasteiger partial charge in [-0.25, -0.2) is 0 Å². The molecule has 1 atom stereocenters. The lowest BCUT2D eigenvalue weighted by Crippen LogP contribution is -2.18. The monoisotopic (exact) mass is 295 g/mol. The van der Waals surface area contributed by atoms with Crippen molar-refractivity contribution < 1.29 is 0 Å². The molecule has 1 aliphatic rings. The second kappa shape index (κ2) is 6.01. The van der Waals surface area contributed by atoms with Gasteiger partial charge in [0, 0.05) is 10.5 Å². The van der Waals surface area contributed by atoms with E-state index in [0.717, 1.165) is 16.8 Å². The molecule has 17 heavy (non-hydrogen) atoms. The molecule has 2 heteroatoms. The minimum absolute atomic E-state index is 0.187. The van der Waals surface area contributed by atoms with Crippen LogP contribution >= 0.6 is 15.9 Å². The van der Waals surface area contributed by atoms with Crippen LogP contribution in [0.3, 0.4) is 0 Å². The lowest BCUT2D eigenvalue weighted by Gasteiger charge is -2.25. The van der Waals surface area contributed by atoms with Crippen molar-refractivity contribution in [3.8, 4) is 0 Å². The average Bonchev–Trinajstić information content (AvgIpc) is 2.33. The molecule has 1 aromatic rings. The fourth-order valence-electron chi connectivity index (χ4n) is 2.86. The van der Waals surface area contributed by atoms with Crippen LogP contribution in [0.4, 0.5) is 0 Å². The molecule has 1 nitrogen and oxygen atoms in total. The molecule has 0 saturated heterocycles. The molecule has 1 aliphatic carbocycles. The Kier molecular flexibility index (Phi) is 4.63. The maximum Gasteiger partial charge on any atom is 0.0308 e. The van der Waals surface area contributed by atoms with Crippen LogP contribution in [0.15, 0.2) is 22.7 Å². The predicted octanol–water partition coefficient (Wildman–Crippen LogP) is 4.73. The normalized spacial score (nSPS) is 19.2. The van der Waals surface area contributed by atoms with Gasteiger partial charge in [-0.2, -0.15) is 0 Å². The van der Waals surface area contributed by atoms with E-state index < -0.39 is 0 Å². The Morgan fingerprint density at radius 2 is 2.00 bits per heavy atom. The molecule has 0 heterocycles. The summed E-state index contributed by atoms with van der Waals surface area (Å²) in [5.74, 6) is 0.839. The van der Waals surface area contributed by atoms with E-state index in [4.69, 9.17) is 5.73 Å². The molecule has 0 bridgehead atoms. The van der Waals surface area contributed by atoms with Gasteiger partial charge in [0.25, 0.3) is 0 Å². The molecule has 2 rings (SSSR count). The zero-order chi connectivity index (χ0) is 12.3. The van der Waals surface area contributed by atoms with Crippen molar-refractivity contribution in [3.05, 3.63) is 33.8 Å². The average molecular weight is 296 g/mol. The van der Waals surface area contributed by atoms with E-state index in [9.17, 15) is 0 Å². The van der Waals surface area contributed by atoms with Crippen LogP contribution in [0.1, 0.15) is 55.7 Å². The first-order chi connectivity index (χ1) is 8.16. The highest BCUT2D eigenvalue weighted by Gasteiger charge is 2.19. The van der Waals surface area contributed by atoms with E-state index in [-0.39, 0.29) is 6.04 Å². The molecule has 0 aromatic heterocycles. The lowest BCUT2D eigenvalue weighted by atomic mass is 9.83. The van der Waals surface area contributed by atoms with Crippen LogP contribution in [-0.2, 0) is 0 Å². The van der Waals surface area contributed by atoms with Crippen molar-refractivity contribution in [2.45, 2.75) is 51.5 Å². The third kappa shape index (κ3) is 3.56. The number of halogens is 1. The Labute approximate surface area is 113 Å². The molecular weight excluding hydrogens is 274 g/mol. The molecule has 1 unspecified atom stereocenters. The van der Waals surface area contributed by atoms with E-state index >= 15 is 0 Å². The van der Waals surface area contributed by atoms with E-state index in [0.29, 0.717) is 0 Å². The van der Waals surface area contributed by atoms with Gasteiger partial charge in [-0.15, -0.1) is 0 Å². The molecule has 1 fully saturated rings. The van der Waals surface area contributed by atoms with Gasteiger partial charge >= 0.3 is 0 Å². The quantitative estimate of drug-likeness (QED) is 0.857. The first-order valence-corrected chi connectivity index (χ1v) is 7.48. The van der Waals surface area contributed by atoms with Crippen molar-refractivity contribution in [3.63, 3.8) is 0 Å². The summed E-state index contributed by atoms with van der Waals surface area (Å²) in [4.78, 5) is 0. The summed E-state index contributed by atoms with van der Waals surface area (Å²) in [6.07, 6.45) is 8.09. The van der Waals surface area contributed by atoms with Crippen molar-refractivity contribution in [2.75, 3.05) is 0 Å². The Morgan fingerprint density at radius 1 is 1.29 bits per heavy atom. The number of nitrogens with two attached hydrogens (primary N) is 1. The van der Waals surface area contributed by atoms with E-state index in [1.807, 2.05) is 0 Å². The van der Waals surface area contributed by atoms with E-state index in [2.05, 4.69) is 41.1 Å². The van der Waals surface area contributed by atoms with Gasteiger partial charge < -0.3 is 5.73 Å². The van der Waals surface area contributed by atoms with Crippen molar-refractivity contribution in [1.82, 2.24) is 0 Å². The van der Waals surface area contributed by atoms with Crippen LogP contribution in [0.25, 0.3) is 0 Å². The minimum Gasteiger partial charge on any atom is -0.324 e. The van der Waals surface area contributed by atoms with Gasteiger partial charge in [-0.3, -0.25) is 0 Å². The summed E-state index contributed by atoms with van der Waals surface area (Å²) in [6, 6.07) is 6.65. The van der Waals surface area contributed by atoms with Gasteiger partial charge in [0.05, 0.1) is 0 Å². The lowest BCUT2D eigenvalue weighted by molar-refractivity contribution is 0.319. The minimum atomic E-state index is 0.187. The van der Waals surface area contributed by atoms with E-state index in [1.165, 1.54) is 43.2 Å². The van der Waals surface area contributed by atoms with Crippen LogP contribution in [0.2, 0.25) is 0 Å². The van der Waals surface area contributed by atoms with Gasteiger partial charge in [0.1, 0.15) is 0 Å². The smallest absolute Gasteiger partial charge is 0.0308 e. The summed E-state index contributed by atoms with van der Waals surface area (Å²) in [5.41, 5.74) is 8.93. The predicted molar refractivity (Wildman–Crippen MR) is 77.0 cm³/mol. The maximum atomic E-state index is 6.37. The number of hydrogen-bond acceptors (Lipinski definition) is 1. The number of aryl methyl sites for hydroxylation is 1. The Balaban J connectivity index is 2.02. The fourth-order valence-corrected chi connectivity index (χ4v) is 3.40. The molecule has 1 aromatic carbocycles. The van der Waals surface area contributed by atoms with Crippen LogP contribution in [0, 0.1) is 12.8 Å². The topological polar surface area (TPSA) is 26.0 Å². The highest BCUT2D eigenvalue weighted by Crippen LogP contribution is 2.33.